The van der Waals surface area contributed by atoms with E-state index in [4.69, 9.17) is 21.4 Å². The van der Waals surface area contributed by atoms with E-state index in [9.17, 15) is 9.59 Å². The van der Waals surface area contributed by atoms with Gasteiger partial charge in [-0.1, -0.05) is 11.6 Å². The molecule has 1 aliphatic rings. The van der Waals surface area contributed by atoms with Crippen LogP contribution in [0.3, 0.4) is 0 Å². The van der Waals surface area contributed by atoms with Crippen LogP contribution in [-0.2, 0) is 4.74 Å². The summed E-state index contributed by atoms with van der Waals surface area (Å²) >= 11 is 5.86. The quantitative estimate of drug-likeness (QED) is 0.880. The Bertz CT molecular complexity index is 564. The minimum atomic E-state index is -1.12. The van der Waals surface area contributed by atoms with E-state index in [0.29, 0.717) is 18.2 Å². The molecule has 2 N–H and O–H groups in total. The Kier molecular flexibility index (Phi) is 4.69. The summed E-state index contributed by atoms with van der Waals surface area (Å²) in [7, 11) is 0. The number of hydrogen-bond acceptors (Lipinski definition) is 3. The van der Waals surface area contributed by atoms with Crippen LogP contribution in [0.15, 0.2) is 18.2 Å². The maximum absolute atomic E-state index is 12.3. The molecule has 0 spiro atoms. The minimum Gasteiger partial charge on any atom is -0.478 e. The number of benzene rings is 1. The van der Waals surface area contributed by atoms with Gasteiger partial charge in [-0.05, 0) is 32.0 Å². The van der Waals surface area contributed by atoms with Gasteiger partial charge in [0, 0.05) is 11.6 Å². The van der Waals surface area contributed by atoms with Crippen LogP contribution in [0.5, 0.6) is 0 Å². The van der Waals surface area contributed by atoms with Crippen molar-refractivity contribution in [2.75, 3.05) is 18.5 Å². The highest BCUT2D eigenvalue weighted by molar-refractivity contribution is 6.31. The number of carboxylic acid groups (broad SMARTS) is 1. The van der Waals surface area contributed by atoms with Crippen LogP contribution in [-0.4, -0.2) is 47.3 Å². The Hall–Kier alpha value is -1.79. The van der Waals surface area contributed by atoms with Crippen molar-refractivity contribution in [1.82, 2.24) is 4.90 Å². The predicted octanol–water partition coefficient (Wildman–Crippen LogP) is 2.68. The Labute approximate surface area is 127 Å². The number of carbonyl (C=O) groups excluding carboxylic acids is 1. The number of nitrogens with zero attached hydrogens (tertiary/aromatic N) is 1. The highest BCUT2D eigenvalue weighted by Gasteiger charge is 2.28. The fraction of sp³-hybridized carbons (Fsp3) is 0.429. The molecule has 0 saturated carbocycles. The van der Waals surface area contributed by atoms with Crippen molar-refractivity contribution < 1.29 is 19.4 Å². The summed E-state index contributed by atoms with van der Waals surface area (Å²) in [5.74, 6) is -1.12. The number of hydrogen-bond donors (Lipinski definition) is 2. The third kappa shape index (κ3) is 3.65. The summed E-state index contributed by atoms with van der Waals surface area (Å²) in [5.41, 5.74) is 0.188. The average molecular weight is 313 g/mol. The first-order chi connectivity index (χ1) is 9.88. The molecule has 114 valence electrons. The van der Waals surface area contributed by atoms with Gasteiger partial charge in [0.15, 0.2) is 0 Å². The molecule has 2 atom stereocenters. The van der Waals surface area contributed by atoms with Crippen LogP contribution in [0, 0.1) is 0 Å². The second-order valence-electron chi connectivity index (χ2n) is 5.07. The van der Waals surface area contributed by atoms with Gasteiger partial charge < -0.3 is 20.1 Å². The molecule has 2 rings (SSSR count). The highest BCUT2D eigenvalue weighted by Crippen LogP contribution is 2.22. The molecule has 2 amide bonds. The van der Waals surface area contributed by atoms with Crippen molar-refractivity contribution in [3.63, 3.8) is 0 Å². The third-order valence-corrected chi connectivity index (χ3v) is 3.56. The van der Waals surface area contributed by atoms with Crippen molar-refractivity contribution in [2.24, 2.45) is 0 Å². The molecular formula is C14H17ClN2O4. The normalized spacial score (nSPS) is 22.0. The van der Waals surface area contributed by atoms with Crippen LogP contribution >= 0.6 is 11.6 Å². The summed E-state index contributed by atoms with van der Waals surface area (Å²) in [6.07, 6.45) is -0.0507. The maximum Gasteiger partial charge on any atom is 0.337 e. The monoisotopic (exact) mass is 312 g/mol. The molecule has 0 aliphatic carbocycles. The van der Waals surface area contributed by atoms with Gasteiger partial charge in [-0.15, -0.1) is 0 Å². The van der Waals surface area contributed by atoms with Gasteiger partial charge in [-0.3, -0.25) is 0 Å². The third-order valence-electron chi connectivity index (χ3n) is 3.32. The second kappa shape index (κ2) is 6.32. The first kappa shape index (κ1) is 15.6. The number of morpholine rings is 1. The number of ether oxygens (including phenoxy) is 1. The lowest BCUT2D eigenvalue weighted by atomic mass is 10.1. The smallest absolute Gasteiger partial charge is 0.337 e. The Balaban J connectivity index is 2.19. The minimum absolute atomic E-state index is 0.00158. The number of carbonyl (C=O) groups is 2. The topological polar surface area (TPSA) is 78.9 Å². The van der Waals surface area contributed by atoms with Crippen molar-refractivity contribution in [1.29, 1.82) is 0 Å². The van der Waals surface area contributed by atoms with Gasteiger partial charge in [0.25, 0.3) is 0 Å². The number of aromatic carboxylic acids is 1. The van der Waals surface area contributed by atoms with Gasteiger partial charge in [0.05, 0.1) is 30.0 Å². The Morgan fingerprint density at radius 3 is 2.81 bits per heavy atom. The Morgan fingerprint density at radius 2 is 2.14 bits per heavy atom. The van der Waals surface area contributed by atoms with E-state index in [1.807, 2.05) is 13.8 Å². The molecule has 6 nitrogen and oxygen atoms in total. The number of amides is 2. The van der Waals surface area contributed by atoms with E-state index in [2.05, 4.69) is 5.32 Å². The van der Waals surface area contributed by atoms with E-state index in [1.54, 1.807) is 4.90 Å². The molecule has 7 heteroatoms. The lowest BCUT2D eigenvalue weighted by Crippen LogP contribution is -2.51. The molecule has 0 radical (unpaired) electrons. The molecule has 21 heavy (non-hydrogen) atoms. The Morgan fingerprint density at radius 1 is 1.43 bits per heavy atom. The zero-order chi connectivity index (χ0) is 15.6. The summed E-state index contributed by atoms with van der Waals surface area (Å²) in [5, 5.41) is 12.1. The van der Waals surface area contributed by atoms with Gasteiger partial charge >= 0.3 is 12.0 Å². The summed E-state index contributed by atoms with van der Waals surface area (Å²) in [6.45, 7) is 4.67. The van der Waals surface area contributed by atoms with Gasteiger partial charge in [-0.2, -0.15) is 0 Å². The van der Waals surface area contributed by atoms with Crippen molar-refractivity contribution >= 4 is 29.3 Å². The first-order valence-electron chi connectivity index (χ1n) is 6.60. The van der Waals surface area contributed by atoms with Crippen LogP contribution < -0.4 is 5.32 Å². The van der Waals surface area contributed by atoms with Crippen LogP contribution in [0.1, 0.15) is 24.2 Å². The average Bonchev–Trinajstić information content (AvgIpc) is 2.41. The van der Waals surface area contributed by atoms with Gasteiger partial charge in [0.2, 0.25) is 0 Å². The SMILES string of the molecule is CC1CN(C(=O)Nc2cc(Cl)ccc2C(=O)O)C(C)CO1. The lowest BCUT2D eigenvalue weighted by molar-refractivity contribution is -0.0296. The van der Waals surface area contributed by atoms with Gasteiger partial charge in [-0.25, -0.2) is 9.59 Å². The van der Waals surface area contributed by atoms with E-state index >= 15 is 0 Å². The molecule has 1 aromatic rings. The largest absolute Gasteiger partial charge is 0.478 e. The van der Waals surface area contributed by atoms with Crippen LogP contribution in [0.2, 0.25) is 5.02 Å². The molecule has 2 unspecified atom stereocenters. The highest BCUT2D eigenvalue weighted by atomic mass is 35.5. The molecule has 0 aromatic heterocycles. The number of halogens is 1. The van der Waals surface area contributed by atoms with E-state index < -0.39 is 5.97 Å². The zero-order valence-corrected chi connectivity index (χ0v) is 12.6. The molecule has 1 fully saturated rings. The van der Waals surface area contributed by atoms with Crippen molar-refractivity contribution in [3.05, 3.63) is 28.8 Å². The number of rotatable bonds is 2. The zero-order valence-electron chi connectivity index (χ0n) is 11.8. The molecular weight excluding hydrogens is 296 g/mol. The summed E-state index contributed by atoms with van der Waals surface area (Å²) in [6, 6.07) is 3.83. The number of nitrogens with one attached hydrogen (secondary N) is 1. The molecule has 1 aromatic carbocycles. The molecule has 1 heterocycles. The summed E-state index contributed by atoms with van der Waals surface area (Å²) < 4.78 is 5.46. The van der Waals surface area contributed by atoms with E-state index in [1.165, 1.54) is 18.2 Å². The van der Waals surface area contributed by atoms with Crippen LogP contribution in [0.25, 0.3) is 0 Å². The molecule has 1 saturated heterocycles. The van der Waals surface area contributed by atoms with Crippen molar-refractivity contribution in [2.45, 2.75) is 26.0 Å². The van der Waals surface area contributed by atoms with Gasteiger partial charge in [0.1, 0.15) is 0 Å². The van der Waals surface area contributed by atoms with E-state index in [-0.39, 0.29) is 29.4 Å². The van der Waals surface area contributed by atoms with E-state index in [0.717, 1.165) is 0 Å². The summed E-state index contributed by atoms with van der Waals surface area (Å²) in [4.78, 5) is 25.1. The first-order valence-corrected chi connectivity index (χ1v) is 6.98. The maximum atomic E-state index is 12.3. The van der Waals surface area contributed by atoms with Crippen molar-refractivity contribution in [3.8, 4) is 0 Å². The lowest BCUT2D eigenvalue weighted by Gasteiger charge is -2.36. The predicted molar refractivity (Wildman–Crippen MR) is 79.0 cm³/mol. The standard InChI is InChI=1S/C14H17ClN2O4/c1-8-7-21-9(2)6-17(8)14(20)16-12-5-10(15)3-4-11(12)13(18)19/h3-5,8-9H,6-7H2,1-2H3,(H,16,20)(H,18,19). The number of carboxylic acids is 1. The molecule has 0 bridgehead atoms. The number of urea groups is 1. The fourth-order valence-electron chi connectivity index (χ4n) is 2.18. The molecule has 1 aliphatic heterocycles. The second-order valence-corrected chi connectivity index (χ2v) is 5.51. The number of anilines is 1. The fourth-order valence-corrected chi connectivity index (χ4v) is 2.35. The van der Waals surface area contributed by atoms with Crippen LogP contribution in [0.4, 0.5) is 10.5 Å².